The van der Waals surface area contributed by atoms with Crippen LogP contribution in [0.5, 0.6) is 0 Å². The van der Waals surface area contributed by atoms with E-state index >= 15 is 0 Å². The Kier molecular flexibility index (Phi) is 11.4. The van der Waals surface area contributed by atoms with Gasteiger partial charge in [-0.25, -0.2) is 14.8 Å². The van der Waals surface area contributed by atoms with E-state index in [1.54, 1.807) is 38.7 Å². The van der Waals surface area contributed by atoms with Crippen LogP contribution in [0.1, 0.15) is 74.6 Å². The molecule has 2 atom stereocenters. The molecule has 1 fully saturated rings. The lowest BCUT2D eigenvalue weighted by atomic mass is 10.1. The molecule has 1 aliphatic carbocycles. The number of carbonyl (C=O) groups is 4. The quantitative estimate of drug-likeness (QED) is 0.273. The van der Waals surface area contributed by atoms with E-state index in [0.717, 1.165) is 18.4 Å². The molecule has 0 radical (unpaired) electrons. The van der Waals surface area contributed by atoms with Crippen LogP contribution in [0.15, 0.2) is 60.7 Å². The van der Waals surface area contributed by atoms with Crippen LogP contribution < -0.4 is 10.6 Å². The van der Waals surface area contributed by atoms with Gasteiger partial charge in [-0.3, -0.25) is 14.4 Å². The molecule has 1 saturated heterocycles. The zero-order valence-corrected chi connectivity index (χ0v) is 28.4. The molecule has 5 rings (SSSR count). The van der Waals surface area contributed by atoms with Crippen molar-refractivity contribution < 1.29 is 33.5 Å². The molecule has 1 aromatic heterocycles. The second-order valence-corrected chi connectivity index (χ2v) is 12.9. The monoisotopic (exact) mass is 672 g/mol. The summed E-state index contributed by atoms with van der Waals surface area (Å²) in [6.07, 6.45) is 0.926. The lowest BCUT2D eigenvalue weighted by Gasteiger charge is -2.35. The summed E-state index contributed by atoms with van der Waals surface area (Å²) < 4.78 is 10.3. The van der Waals surface area contributed by atoms with E-state index in [4.69, 9.17) is 19.3 Å². The van der Waals surface area contributed by atoms with E-state index in [1.165, 1.54) is 16.2 Å². The van der Waals surface area contributed by atoms with Crippen molar-refractivity contribution >= 4 is 29.8 Å². The van der Waals surface area contributed by atoms with Crippen LogP contribution in [0.25, 0.3) is 11.4 Å². The van der Waals surface area contributed by atoms with Crippen molar-refractivity contribution in [2.24, 2.45) is 0 Å². The van der Waals surface area contributed by atoms with Crippen LogP contribution >= 0.6 is 0 Å². The predicted octanol–water partition coefficient (Wildman–Crippen LogP) is 4.70. The van der Waals surface area contributed by atoms with Crippen molar-refractivity contribution in [2.45, 2.75) is 71.1 Å². The molecular formula is C36H44N6O7. The SMILES string of the molecule is CCOC(=O)ON1CCN(C(=O)[C@H](CCC(=O)OC(C)(C)C)NC(=O)c2cc(N[C@@H]3CCc4ccccc43)nc(-c3ccccc3)n2)CC1. The Hall–Kier alpha value is -5.04. The van der Waals surface area contributed by atoms with Gasteiger partial charge in [0.15, 0.2) is 5.82 Å². The first-order valence-corrected chi connectivity index (χ1v) is 16.7. The summed E-state index contributed by atoms with van der Waals surface area (Å²) in [6.45, 7) is 8.14. The lowest BCUT2D eigenvalue weighted by Crippen LogP contribution is -2.55. The second kappa shape index (κ2) is 15.9. The summed E-state index contributed by atoms with van der Waals surface area (Å²) in [6, 6.07) is 18.2. The molecule has 2 aromatic carbocycles. The number of aromatic nitrogens is 2. The number of fused-ring (bicyclic) bond motifs is 1. The highest BCUT2D eigenvalue weighted by Gasteiger charge is 2.32. The van der Waals surface area contributed by atoms with Crippen molar-refractivity contribution in [1.29, 1.82) is 0 Å². The standard InChI is InChI=1S/C36H44N6O7/c1-5-47-35(46)49-42-21-19-41(20-22-42)34(45)28(17-18-31(43)48-36(2,3)4)39-33(44)29-23-30(40-32(38-29)25-12-7-6-8-13-25)37-27-16-15-24-11-9-10-14-26(24)27/h6-14,23,27-28H,5,15-22H2,1-4H3,(H,39,44)(H,37,38,40)/t27-,28+/m1/s1. The number of hydrogen-bond acceptors (Lipinski definition) is 11. The minimum atomic E-state index is -1.05. The molecule has 0 unspecified atom stereocenters. The maximum Gasteiger partial charge on any atom is 0.527 e. The molecule has 2 N–H and O–H groups in total. The number of amides is 2. The predicted molar refractivity (Wildman–Crippen MR) is 181 cm³/mol. The first kappa shape index (κ1) is 35.3. The van der Waals surface area contributed by atoms with Crippen molar-refractivity contribution in [1.82, 2.24) is 25.2 Å². The summed E-state index contributed by atoms with van der Waals surface area (Å²) in [5, 5.41) is 7.78. The van der Waals surface area contributed by atoms with Crippen molar-refractivity contribution in [3.05, 3.63) is 77.5 Å². The van der Waals surface area contributed by atoms with E-state index in [9.17, 15) is 19.2 Å². The number of hydroxylamine groups is 2. The summed E-state index contributed by atoms with van der Waals surface area (Å²) in [7, 11) is 0. The zero-order valence-electron chi connectivity index (χ0n) is 28.4. The number of nitrogens with zero attached hydrogens (tertiary/aromatic N) is 4. The lowest BCUT2D eigenvalue weighted by molar-refractivity contribution is -0.158. The highest BCUT2D eigenvalue weighted by atomic mass is 16.8. The topological polar surface area (TPSA) is 152 Å². The fraction of sp³-hybridized carbons (Fsp3) is 0.444. The highest BCUT2D eigenvalue weighted by Crippen LogP contribution is 2.33. The largest absolute Gasteiger partial charge is 0.527 e. The average molecular weight is 673 g/mol. The summed E-state index contributed by atoms with van der Waals surface area (Å²) in [5.41, 5.74) is 2.56. The number of anilines is 1. The number of rotatable bonds is 11. The van der Waals surface area contributed by atoms with Gasteiger partial charge in [0.1, 0.15) is 23.2 Å². The molecule has 0 saturated carbocycles. The van der Waals surface area contributed by atoms with E-state index in [0.29, 0.717) is 11.6 Å². The maximum absolute atomic E-state index is 13.9. The van der Waals surface area contributed by atoms with Gasteiger partial charge in [0.25, 0.3) is 5.91 Å². The molecule has 49 heavy (non-hydrogen) atoms. The molecule has 13 nitrogen and oxygen atoms in total. The average Bonchev–Trinajstić information content (AvgIpc) is 3.48. The van der Waals surface area contributed by atoms with E-state index in [-0.39, 0.29) is 63.3 Å². The van der Waals surface area contributed by atoms with Gasteiger partial charge in [0.2, 0.25) is 5.91 Å². The fourth-order valence-electron chi connectivity index (χ4n) is 5.85. The van der Waals surface area contributed by atoms with Crippen LogP contribution in [0.3, 0.4) is 0 Å². The van der Waals surface area contributed by atoms with Crippen LogP contribution in [0, 0.1) is 0 Å². The molecule has 13 heteroatoms. The summed E-state index contributed by atoms with van der Waals surface area (Å²) >= 11 is 0. The normalized spacial score (nSPS) is 16.7. The molecule has 260 valence electrons. The molecule has 2 aliphatic rings. The van der Waals surface area contributed by atoms with Gasteiger partial charge in [-0.1, -0.05) is 54.6 Å². The number of hydrogen-bond donors (Lipinski definition) is 2. The van der Waals surface area contributed by atoms with E-state index in [2.05, 4.69) is 27.8 Å². The Morgan fingerprint density at radius 3 is 2.39 bits per heavy atom. The summed E-state index contributed by atoms with van der Waals surface area (Å²) in [4.78, 5) is 68.3. The highest BCUT2D eigenvalue weighted by molar-refractivity contribution is 5.97. The van der Waals surface area contributed by atoms with E-state index in [1.807, 2.05) is 42.5 Å². The van der Waals surface area contributed by atoms with Crippen LogP contribution in [0.4, 0.5) is 10.6 Å². The number of aryl methyl sites for hydroxylation is 1. The van der Waals surface area contributed by atoms with Gasteiger partial charge in [-0.2, -0.15) is 0 Å². The first-order valence-electron chi connectivity index (χ1n) is 16.7. The Labute approximate surface area is 286 Å². The number of esters is 1. The third kappa shape index (κ3) is 9.75. The van der Waals surface area contributed by atoms with Gasteiger partial charge in [-0.05, 0) is 58.1 Å². The van der Waals surface area contributed by atoms with Crippen LogP contribution in [-0.2, 0) is 30.3 Å². The Morgan fingerprint density at radius 2 is 1.67 bits per heavy atom. The molecule has 0 spiro atoms. The van der Waals surface area contributed by atoms with Crippen LogP contribution in [-0.4, -0.2) is 88.3 Å². The number of ether oxygens (including phenoxy) is 2. The second-order valence-electron chi connectivity index (χ2n) is 12.9. The maximum atomic E-state index is 13.9. The van der Waals surface area contributed by atoms with Gasteiger partial charge < -0.3 is 29.8 Å². The molecule has 2 amide bonds. The van der Waals surface area contributed by atoms with Crippen molar-refractivity contribution in [3.8, 4) is 11.4 Å². The Balaban J connectivity index is 1.36. The third-order valence-corrected chi connectivity index (χ3v) is 8.12. The molecule has 0 bridgehead atoms. The van der Waals surface area contributed by atoms with Gasteiger partial charge in [0.05, 0.1) is 25.7 Å². The number of nitrogens with one attached hydrogen (secondary N) is 2. The first-order chi connectivity index (χ1) is 23.5. The number of piperazine rings is 1. The minimum absolute atomic E-state index is 0.0135. The van der Waals surface area contributed by atoms with Crippen molar-refractivity contribution in [3.63, 3.8) is 0 Å². The molecule has 3 aromatic rings. The number of carbonyl (C=O) groups excluding carboxylic acids is 4. The van der Waals surface area contributed by atoms with Gasteiger partial charge in [-0.15, -0.1) is 5.06 Å². The Bertz CT molecular complexity index is 1640. The summed E-state index contributed by atoms with van der Waals surface area (Å²) in [5.74, 6) is -0.595. The number of benzene rings is 2. The van der Waals surface area contributed by atoms with E-state index < -0.39 is 29.7 Å². The Morgan fingerprint density at radius 1 is 0.959 bits per heavy atom. The third-order valence-electron chi connectivity index (χ3n) is 8.12. The fourth-order valence-corrected chi connectivity index (χ4v) is 5.85. The van der Waals surface area contributed by atoms with Crippen molar-refractivity contribution in [2.75, 3.05) is 38.1 Å². The zero-order chi connectivity index (χ0) is 35.0. The molecule has 2 heterocycles. The smallest absolute Gasteiger partial charge is 0.460 e. The molecule has 1 aliphatic heterocycles. The molecular weight excluding hydrogens is 628 g/mol. The minimum Gasteiger partial charge on any atom is -0.460 e. The van der Waals surface area contributed by atoms with Gasteiger partial charge >= 0.3 is 12.1 Å². The van der Waals surface area contributed by atoms with Gasteiger partial charge in [0, 0.05) is 31.1 Å². The van der Waals surface area contributed by atoms with Crippen LogP contribution in [0.2, 0.25) is 0 Å².